The average Bonchev–Trinajstić information content (AvgIpc) is 2.56. The molecule has 1 aliphatic heterocycles. The molecule has 1 atom stereocenters. The predicted molar refractivity (Wildman–Crippen MR) is 72.1 cm³/mol. The van der Waals surface area contributed by atoms with Gasteiger partial charge in [0.15, 0.2) is 0 Å². The van der Waals surface area contributed by atoms with Crippen LogP contribution in [0.5, 0.6) is 0 Å². The van der Waals surface area contributed by atoms with E-state index >= 15 is 0 Å². The lowest BCUT2D eigenvalue weighted by atomic mass is 9.81. The quantitative estimate of drug-likeness (QED) is 0.748. The number of hydrogen-bond donors (Lipinski definition) is 1. The van der Waals surface area contributed by atoms with E-state index in [2.05, 4.69) is 18.7 Å². The van der Waals surface area contributed by atoms with Crippen molar-refractivity contribution in [3.8, 4) is 0 Å². The third-order valence-corrected chi connectivity index (χ3v) is 4.87. The van der Waals surface area contributed by atoms with Crippen LogP contribution in [0.25, 0.3) is 0 Å². The van der Waals surface area contributed by atoms with E-state index in [9.17, 15) is 5.11 Å². The zero-order valence-electron chi connectivity index (χ0n) is 11.6. The molecular formula is C15H29NO. The van der Waals surface area contributed by atoms with E-state index in [1.807, 2.05) is 0 Å². The number of hydrogen-bond acceptors (Lipinski definition) is 2. The minimum atomic E-state index is 0.292. The van der Waals surface area contributed by atoms with Gasteiger partial charge in [-0.05, 0) is 52.0 Å². The summed E-state index contributed by atoms with van der Waals surface area (Å²) in [5.74, 6) is 0.534. The van der Waals surface area contributed by atoms with Crippen molar-refractivity contribution in [3.05, 3.63) is 0 Å². The van der Waals surface area contributed by atoms with Gasteiger partial charge in [0, 0.05) is 18.2 Å². The molecule has 0 radical (unpaired) electrons. The molecule has 100 valence electrons. The van der Waals surface area contributed by atoms with Crippen molar-refractivity contribution >= 4 is 0 Å². The Bertz CT molecular complexity index is 231. The van der Waals surface area contributed by atoms with Gasteiger partial charge in [0.25, 0.3) is 0 Å². The maximum atomic E-state index is 9.35. The van der Waals surface area contributed by atoms with Gasteiger partial charge in [0.05, 0.1) is 0 Å². The van der Waals surface area contributed by atoms with Crippen molar-refractivity contribution < 1.29 is 5.11 Å². The van der Waals surface area contributed by atoms with E-state index < -0.39 is 0 Å². The molecular weight excluding hydrogens is 210 g/mol. The third-order valence-electron chi connectivity index (χ3n) is 4.87. The van der Waals surface area contributed by atoms with Crippen LogP contribution in [-0.2, 0) is 0 Å². The van der Waals surface area contributed by atoms with Crippen LogP contribution >= 0.6 is 0 Å². The molecule has 1 saturated carbocycles. The van der Waals surface area contributed by atoms with Crippen LogP contribution in [0.1, 0.15) is 65.2 Å². The molecule has 1 unspecified atom stereocenters. The second-order valence-electron chi connectivity index (χ2n) is 6.69. The SMILES string of the molecule is CC1(C)CC(CO)CCN1C1CCCCCC1. The van der Waals surface area contributed by atoms with Gasteiger partial charge in [-0.3, -0.25) is 4.90 Å². The van der Waals surface area contributed by atoms with E-state index in [0.717, 1.165) is 6.04 Å². The number of rotatable bonds is 2. The number of piperidine rings is 1. The predicted octanol–water partition coefficient (Wildman–Crippen LogP) is 3.19. The number of likely N-dealkylation sites (tertiary alicyclic amines) is 1. The summed E-state index contributed by atoms with van der Waals surface area (Å²) >= 11 is 0. The molecule has 2 rings (SSSR count). The van der Waals surface area contributed by atoms with Crippen molar-refractivity contribution in [2.24, 2.45) is 5.92 Å². The van der Waals surface area contributed by atoms with Crippen LogP contribution in [0.15, 0.2) is 0 Å². The minimum absolute atomic E-state index is 0.292. The van der Waals surface area contributed by atoms with Crippen LogP contribution in [0.3, 0.4) is 0 Å². The molecule has 1 heterocycles. The first-order valence-corrected chi connectivity index (χ1v) is 7.51. The Morgan fingerprint density at radius 3 is 2.24 bits per heavy atom. The monoisotopic (exact) mass is 239 g/mol. The zero-order valence-corrected chi connectivity index (χ0v) is 11.6. The smallest absolute Gasteiger partial charge is 0.0460 e. The van der Waals surface area contributed by atoms with Crippen LogP contribution in [0.2, 0.25) is 0 Å². The first-order chi connectivity index (χ1) is 8.13. The van der Waals surface area contributed by atoms with Crippen molar-refractivity contribution in [2.75, 3.05) is 13.2 Å². The fraction of sp³-hybridized carbons (Fsp3) is 1.00. The Labute approximate surface area is 106 Å². The average molecular weight is 239 g/mol. The summed E-state index contributed by atoms with van der Waals surface area (Å²) < 4.78 is 0. The molecule has 0 bridgehead atoms. The molecule has 2 heteroatoms. The van der Waals surface area contributed by atoms with Crippen molar-refractivity contribution in [1.82, 2.24) is 4.90 Å². The molecule has 0 aromatic heterocycles. The highest BCUT2D eigenvalue weighted by Gasteiger charge is 2.38. The highest BCUT2D eigenvalue weighted by Crippen LogP contribution is 2.36. The Kier molecular flexibility index (Phi) is 4.48. The van der Waals surface area contributed by atoms with Gasteiger partial charge in [-0.25, -0.2) is 0 Å². The Balaban J connectivity index is 1.99. The molecule has 0 spiro atoms. The lowest BCUT2D eigenvalue weighted by molar-refractivity contribution is -0.00870. The Morgan fingerprint density at radius 1 is 1.06 bits per heavy atom. The van der Waals surface area contributed by atoms with E-state index in [4.69, 9.17) is 0 Å². The van der Waals surface area contributed by atoms with Gasteiger partial charge < -0.3 is 5.11 Å². The second-order valence-corrected chi connectivity index (χ2v) is 6.69. The summed E-state index contributed by atoms with van der Waals surface area (Å²) in [6.45, 7) is 6.32. The number of aliphatic hydroxyl groups is 1. The molecule has 0 aromatic rings. The highest BCUT2D eigenvalue weighted by molar-refractivity contribution is 4.93. The standard InChI is InChI=1S/C15H29NO/c1-15(2)11-13(12-17)9-10-16(15)14-7-5-3-4-6-8-14/h13-14,17H,3-12H2,1-2H3. The fourth-order valence-electron chi connectivity index (χ4n) is 3.95. The number of nitrogens with zero attached hydrogens (tertiary/aromatic N) is 1. The van der Waals surface area contributed by atoms with Crippen LogP contribution < -0.4 is 0 Å². The summed E-state index contributed by atoms with van der Waals surface area (Å²) in [5, 5.41) is 9.35. The molecule has 0 amide bonds. The van der Waals surface area contributed by atoms with E-state index in [-0.39, 0.29) is 0 Å². The van der Waals surface area contributed by atoms with Crippen molar-refractivity contribution in [1.29, 1.82) is 0 Å². The summed E-state index contributed by atoms with van der Waals surface area (Å²) in [6, 6.07) is 0.812. The summed E-state index contributed by atoms with van der Waals surface area (Å²) in [7, 11) is 0. The minimum Gasteiger partial charge on any atom is -0.396 e. The topological polar surface area (TPSA) is 23.5 Å². The normalized spacial score (nSPS) is 32.3. The first kappa shape index (κ1) is 13.4. The number of aliphatic hydroxyl groups excluding tert-OH is 1. The van der Waals surface area contributed by atoms with Crippen LogP contribution in [0, 0.1) is 5.92 Å². The lowest BCUT2D eigenvalue weighted by Gasteiger charge is -2.49. The van der Waals surface area contributed by atoms with E-state index in [1.54, 1.807) is 0 Å². The van der Waals surface area contributed by atoms with Gasteiger partial charge in [-0.2, -0.15) is 0 Å². The summed E-state index contributed by atoms with van der Waals surface area (Å²) in [4.78, 5) is 2.75. The molecule has 1 aliphatic carbocycles. The largest absolute Gasteiger partial charge is 0.396 e. The highest BCUT2D eigenvalue weighted by atomic mass is 16.3. The maximum absolute atomic E-state index is 9.35. The molecule has 2 aliphatic rings. The Morgan fingerprint density at radius 2 is 1.71 bits per heavy atom. The van der Waals surface area contributed by atoms with Crippen molar-refractivity contribution in [3.63, 3.8) is 0 Å². The van der Waals surface area contributed by atoms with E-state index in [0.29, 0.717) is 18.1 Å². The van der Waals surface area contributed by atoms with Gasteiger partial charge in [-0.15, -0.1) is 0 Å². The zero-order chi connectivity index (χ0) is 12.3. The van der Waals surface area contributed by atoms with Crippen LogP contribution in [0.4, 0.5) is 0 Å². The molecule has 0 aromatic carbocycles. The van der Waals surface area contributed by atoms with Crippen LogP contribution in [-0.4, -0.2) is 34.7 Å². The Hall–Kier alpha value is -0.0800. The maximum Gasteiger partial charge on any atom is 0.0460 e. The molecule has 1 saturated heterocycles. The summed E-state index contributed by atoms with van der Waals surface area (Å²) in [5.41, 5.74) is 0.292. The lowest BCUT2D eigenvalue weighted by Crippen LogP contribution is -2.54. The molecule has 2 fully saturated rings. The third kappa shape index (κ3) is 3.23. The molecule has 17 heavy (non-hydrogen) atoms. The fourth-order valence-corrected chi connectivity index (χ4v) is 3.95. The van der Waals surface area contributed by atoms with Crippen molar-refractivity contribution in [2.45, 2.75) is 76.8 Å². The van der Waals surface area contributed by atoms with Gasteiger partial charge in [0.1, 0.15) is 0 Å². The first-order valence-electron chi connectivity index (χ1n) is 7.51. The van der Waals surface area contributed by atoms with Gasteiger partial charge in [0.2, 0.25) is 0 Å². The van der Waals surface area contributed by atoms with E-state index in [1.165, 1.54) is 57.9 Å². The second kappa shape index (κ2) is 5.71. The molecule has 1 N–H and O–H groups in total. The summed E-state index contributed by atoms with van der Waals surface area (Å²) in [6.07, 6.45) is 10.9. The van der Waals surface area contributed by atoms with Gasteiger partial charge in [-0.1, -0.05) is 25.7 Å². The molecule has 2 nitrogen and oxygen atoms in total. The van der Waals surface area contributed by atoms with Gasteiger partial charge >= 0.3 is 0 Å².